The van der Waals surface area contributed by atoms with Gasteiger partial charge in [0.2, 0.25) is 0 Å². The Morgan fingerprint density at radius 3 is 1.29 bits per heavy atom. The minimum absolute atomic E-state index is 0.0139. The lowest BCUT2D eigenvalue weighted by Gasteiger charge is -2.21. The summed E-state index contributed by atoms with van der Waals surface area (Å²) in [7, 11) is 0. The van der Waals surface area contributed by atoms with Crippen LogP contribution in [0.1, 0.15) is 124 Å². The third kappa shape index (κ3) is 7.87. The highest BCUT2D eigenvalue weighted by atomic mass is 16.5. The molecule has 0 radical (unpaired) electrons. The molecule has 14 heteroatoms. The smallest absolute Gasteiger partial charge is 0.141 e. The van der Waals surface area contributed by atoms with E-state index in [9.17, 15) is 10.2 Å². The van der Waals surface area contributed by atoms with Crippen LogP contribution >= 0.6 is 0 Å². The van der Waals surface area contributed by atoms with Crippen molar-refractivity contribution in [3.05, 3.63) is 131 Å². The molecule has 8 aromatic heterocycles. The first-order valence-corrected chi connectivity index (χ1v) is 22.6. The molecule has 0 bridgehead atoms. The van der Waals surface area contributed by atoms with Crippen molar-refractivity contribution in [2.45, 2.75) is 118 Å². The predicted octanol–water partition coefficient (Wildman–Crippen LogP) is 12.1. The number of pyridine rings is 2. The number of aromatic nitrogens is 8. The minimum Gasteiger partial charge on any atom is -0.386 e. The fourth-order valence-electron chi connectivity index (χ4n) is 9.50. The van der Waals surface area contributed by atoms with Gasteiger partial charge in [-0.25, -0.2) is 0 Å². The molecule has 0 fully saturated rings. The molecule has 0 aliphatic rings. The van der Waals surface area contributed by atoms with E-state index in [1.54, 1.807) is 52.6 Å². The monoisotopic (exact) mass is 888 g/mol. The van der Waals surface area contributed by atoms with Gasteiger partial charge in [-0.1, -0.05) is 71.6 Å². The second kappa shape index (κ2) is 17.1. The molecule has 8 heterocycles. The lowest BCUT2D eigenvalue weighted by Crippen LogP contribution is -2.16. The first kappa shape index (κ1) is 44.3. The van der Waals surface area contributed by atoms with Gasteiger partial charge < -0.3 is 37.4 Å². The Kier molecular flexibility index (Phi) is 11.5. The van der Waals surface area contributed by atoms with E-state index >= 15 is 0 Å². The van der Waals surface area contributed by atoms with Crippen LogP contribution in [0.3, 0.4) is 0 Å². The van der Waals surface area contributed by atoms with E-state index in [0.29, 0.717) is 0 Å². The first-order chi connectivity index (χ1) is 31.6. The maximum absolute atomic E-state index is 10.7. The number of fused-ring (bicyclic) bond motifs is 6. The Labute approximate surface area is 382 Å². The number of aliphatic hydroxyl groups is 2. The predicted molar refractivity (Wildman–Crippen MR) is 254 cm³/mol. The number of rotatable bonds is 12. The summed E-state index contributed by atoms with van der Waals surface area (Å²) in [4.78, 5) is 9.78. The summed E-state index contributed by atoms with van der Waals surface area (Å²) in [5.41, 5.74) is 13.2. The van der Waals surface area contributed by atoms with Gasteiger partial charge in [-0.3, -0.25) is 9.97 Å². The van der Waals surface area contributed by atoms with Crippen molar-refractivity contribution in [3.63, 3.8) is 0 Å². The van der Waals surface area contributed by atoms with E-state index in [1.165, 1.54) is 0 Å². The SMILES string of the molecule is CCCC(c1cnoc1)n1c2cc(C(C)(C)O)ccc2c2ncc(-c3c(C)noc3C)cc21.CCCC(c1cnoc1)n1c2cc(C(C)(C)O)ccc2c2ncc(-c3c(C)noc3C)cc21. The summed E-state index contributed by atoms with van der Waals surface area (Å²) in [6, 6.07) is 16.6. The highest BCUT2D eigenvalue weighted by Gasteiger charge is 2.28. The Bertz CT molecular complexity index is 3060. The maximum Gasteiger partial charge on any atom is 0.141 e. The van der Waals surface area contributed by atoms with Gasteiger partial charge in [-0.15, -0.1) is 0 Å². The molecule has 10 rings (SSSR count). The largest absolute Gasteiger partial charge is 0.386 e. The van der Waals surface area contributed by atoms with Crippen molar-refractivity contribution < 1.29 is 28.3 Å². The van der Waals surface area contributed by atoms with Crippen molar-refractivity contribution in [3.8, 4) is 22.3 Å². The summed E-state index contributed by atoms with van der Waals surface area (Å²) >= 11 is 0. The van der Waals surface area contributed by atoms with Crippen molar-refractivity contribution in [1.82, 2.24) is 39.7 Å². The van der Waals surface area contributed by atoms with Crippen LogP contribution < -0.4 is 0 Å². The number of nitrogens with zero attached hydrogens (tertiary/aromatic N) is 8. The van der Waals surface area contributed by atoms with E-state index in [4.69, 9.17) is 28.1 Å². The van der Waals surface area contributed by atoms with Gasteiger partial charge in [0.05, 0.1) is 80.2 Å². The van der Waals surface area contributed by atoms with Crippen molar-refractivity contribution in [2.75, 3.05) is 0 Å². The molecule has 10 aromatic rings. The molecule has 0 saturated heterocycles. The highest BCUT2D eigenvalue weighted by Crippen LogP contribution is 2.41. The van der Waals surface area contributed by atoms with Crippen LogP contribution in [0.25, 0.3) is 66.1 Å². The highest BCUT2D eigenvalue weighted by molar-refractivity contribution is 6.08. The maximum atomic E-state index is 10.7. The molecular weight excluding hydrogens is 833 g/mol. The molecule has 2 N–H and O–H groups in total. The van der Waals surface area contributed by atoms with Gasteiger partial charge in [0.1, 0.15) is 24.0 Å². The second-order valence-electron chi connectivity index (χ2n) is 18.4. The topological polar surface area (TPSA) is 180 Å². The molecule has 0 spiro atoms. The van der Waals surface area contributed by atoms with Gasteiger partial charge in [0, 0.05) is 56.5 Å². The van der Waals surface area contributed by atoms with Crippen LogP contribution in [0.2, 0.25) is 0 Å². The van der Waals surface area contributed by atoms with Crippen LogP contribution in [0.5, 0.6) is 0 Å². The van der Waals surface area contributed by atoms with Crippen molar-refractivity contribution in [2.24, 2.45) is 0 Å². The average Bonchev–Trinajstić information content (AvgIpc) is 4.16. The number of hydrogen-bond donors (Lipinski definition) is 2. The molecular formula is C52H56N8O6. The molecule has 2 aromatic carbocycles. The molecule has 0 aliphatic heterocycles. The molecule has 14 nitrogen and oxygen atoms in total. The molecule has 2 unspecified atom stereocenters. The van der Waals surface area contributed by atoms with Gasteiger partial charge in [-0.2, -0.15) is 0 Å². The van der Waals surface area contributed by atoms with E-state index in [2.05, 4.69) is 80.0 Å². The lowest BCUT2D eigenvalue weighted by atomic mass is 9.97. The van der Waals surface area contributed by atoms with Crippen LogP contribution in [0.15, 0.2) is 104 Å². The molecule has 0 saturated carbocycles. The Hall–Kier alpha value is -6.90. The zero-order valence-corrected chi connectivity index (χ0v) is 39.2. The molecule has 0 aliphatic carbocycles. The van der Waals surface area contributed by atoms with Crippen LogP contribution in [-0.4, -0.2) is 49.9 Å². The normalized spacial score (nSPS) is 13.3. The standard InChI is InChI=1S/2C26H28N4O3/c2*1-6-7-21(18-13-28-32-14-18)30-22-11-19(26(4,5)31)8-9-20(22)25-23(30)10-17(12-27-25)24-15(2)29-33-16(24)3/h2*8-14,21,31H,6-7H2,1-5H3. The summed E-state index contributed by atoms with van der Waals surface area (Å²) in [5, 5.41) is 39.7. The van der Waals surface area contributed by atoms with Crippen LogP contribution in [-0.2, 0) is 11.2 Å². The van der Waals surface area contributed by atoms with Crippen LogP contribution in [0.4, 0.5) is 0 Å². The minimum atomic E-state index is -0.956. The Morgan fingerprint density at radius 1 is 0.561 bits per heavy atom. The van der Waals surface area contributed by atoms with E-state index in [0.717, 1.165) is 137 Å². The first-order valence-electron chi connectivity index (χ1n) is 22.6. The molecule has 0 amide bonds. The third-order valence-electron chi connectivity index (χ3n) is 12.8. The summed E-state index contributed by atoms with van der Waals surface area (Å²) in [5.74, 6) is 1.54. The summed E-state index contributed by atoms with van der Waals surface area (Å²) in [6.07, 6.45) is 14.5. The van der Waals surface area contributed by atoms with Crippen molar-refractivity contribution >= 4 is 43.9 Å². The van der Waals surface area contributed by atoms with Crippen molar-refractivity contribution in [1.29, 1.82) is 0 Å². The van der Waals surface area contributed by atoms with Crippen LogP contribution in [0, 0.1) is 27.7 Å². The number of benzene rings is 2. The van der Waals surface area contributed by atoms with E-state index in [1.807, 2.05) is 52.2 Å². The average molecular weight is 889 g/mol. The van der Waals surface area contributed by atoms with Gasteiger partial charge in [0.15, 0.2) is 0 Å². The number of hydrogen-bond acceptors (Lipinski definition) is 12. The third-order valence-corrected chi connectivity index (χ3v) is 12.8. The Morgan fingerprint density at radius 2 is 0.970 bits per heavy atom. The zero-order valence-electron chi connectivity index (χ0n) is 39.2. The van der Waals surface area contributed by atoms with Gasteiger partial charge in [-0.05, 0) is 104 Å². The summed E-state index contributed by atoms with van der Waals surface area (Å²) < 4.78 is 25.9. The molecule has 2 atom stereocenters. The second-order valence-corrected chi connectivity index (χ2v) is 18.4. The quantitative estimate of drug-likeness (QED) is 0.119. The Balaban J connectivity index is 0.000000166. The fraction of sp³-hybridized carbons (Fsp3) is 0.346. The van der Waals surface area contributed by atoms with Gasteiger partial charge in [0.25, 0.3) is 0 Å². The van der Waals surface area contributed by atoms with E-state index < -0.39 is 11.2 Å². The fourth-order valence-corrected chi connectivity index (χ4v) is 9.50. The summed E-state index contributed by atoms with van der Waals surface area (Å²) in [6.45, 7) is 19.3. The van der Waals surface area contributed by atoms with Gasteiger partial charge >= 0.3 is 0 Å². The number of aryl methyl sites for hydroxylation is 4. The molecule has 340 valence electrons. The lowest BCUT2D eigenvalue weighted by molar-refractivity contribution is 0.0781. The molecule has 66 heavy (non-hydrogen) atoms. The zero-order chi connectivity index (χ0) is 46.7. The van der Waals surface area contributed by atoms with E-state index in [-0.39, 0.29) is 12.1 Å².